The average Bonchev–Trinajstić information content (AvgIpc) is 2.72. The van der Waals surface area contributed by atoms with E-state index in [0.29, 0.717) is 19.4 Å². The molecule has 4 heteroatoms. The summed E-state index contributed by atoms with van der Waals surface area (Å²) in [4.78, 5) is 24.3. The van der Waals surface area contributed by atoms with Gasteiger partial charge in [-0.2, -0.15) is 0 Å². The number of carboxylic acid groups (broad SMARTS) is 1. The van der Waals surface area contributed by atoms with Gasteiger partial charge in [0.05, 0.1) is 6.61 Å². The lowest BCUT2D eigenvalue weighted by molar-refractivity contribution is -0.149. The summed E-state index contributed by atoms with van der Waals surface area (Å²) < 4.78 is 5.57. The van der Waals surface area contributed by atoms with Crippen LogP contribution in [0.5, 0.6) is 0 Å². The maximum absolute atomic E-state index is 13.4. The maximum Gasteiger partial charge on any atom is 0.321 e. The van der Waals surface area contributed by atoms with Gasteiger partial charge < -0.3 is 9.84 Å². The van der Waals surface area contributed by atoms with Crippen molar-refractivity contribution in [2.75, 3.05) is 6.61 Å². The van der Waals surface area contributed by atoms with Crippen LogP contribution in [0.1, 0.15) is 57.1 Å². The first-order chi connectivity index (χ1) is 13.5. The summed E-state index contributed by atoms with van der Waals surface area (Å²) in [6, 6.07) is 19.6. The molecule has 1 N–H and O–H groups in total. The molecular weight excluding hydrogens is 352 g/mol. The molecule has 2 aromatic carbocycles. The fraction of sp³-hybridized carbons (Fsp3) is 0.417. The Balaban J connectivity index is 2.49. The van der Waals surface area contributed by atoms with Crippen molar-refractivity contribution in [2.24, 2.45) is 5.92 Å². The first-order valence-electron chi connectivity index (χ1n) is 10.0. The highest BCUT2D eigenvalue weighted by molar-refractivity contribution is 5.87. The van der Waals surface area contributed by atoms with Gasteiger partial charge >= 0.3 is 11.9 Å². The van der Waals surface area contributed by atoms with Gasteiger partial charge in [0.1, 0.15) is 5.41 Å². The van der Waals surface area contributed by atoms with E-state index in [2.05, 4.69) is 6.92 Å². The van der Waals surface area contributed by atoms with Crippen molar-refractivity contribution in [1.82, 2.24) is 0 Å². The largest absolute Gasteiger partial charge is 0.481 e. The minimum atomic E-state index is -0.900. The van der Waals surface area contributed by atoms with Crippen LogP contribution in [0, 0.1) is 5.92 Å². The van der Waals surface area contributed by atoms with Crippen LogP contribution in [-0.2, 0) is 19.7 Å². The number of ether oxygens (including phenoxy) is 1. The number of aliphatic carboxylic acids is 1. The molecule has 0 heterocycles. The highest BCUT2D eigenvalue weighted by atomic mass is 16.5. The van der Waals surface area contributed by atoms with Gasteiger partial charge in [0.2, 0.25) is 0 Å². The second-order valence-corrected chi connectivity index (χ2v) is 7.12. The first-order valence-corrected chi connectivity index (χ1v) is 10.0. The van der Waals surface area contributed by atoms with Crippen molar-refractivity contribution >= 4 is 11.9 Å². The Kier molecular flexibility index (Phi) is 8.24. The fourth-order valence-corrected chi connectivity index (χ4v) is 3.85. The molecule has 0 aliphatic heterocycles. The summed E-state index contributed by atoms with van der Waals surface area (Å²) in [6.07, 6.45) is 3.00. The van der Waals surface area contributed by atoms with Gasteiger partial charge in [-0.05, 0) is 43.2 Å². The Hall–Kier alpha value is -2.62. The summed E-state index contributed by atoms with van der Waals surface area (Å²) in [7, 11) is 0. The molecular formula is C24H30O4. The van der Waals surface area contributed by atoms with E-state index in [1.165, 1.54) is 0 Å². The van der Waals surface area contributed by atoms with E-state index in [1.807, 2.05) is 67.6 Å². The third-order valence-electron chi connectivity index (χ3n) is 5.33. The number of rotatable bonds is 11. The van der Waals surface area contributed by atoms with Crippen LogP contribution in [0.25, 0.3) is 0 Å². The van der Waals surface area contributed by atoms with Crippen molar-refractivity contribution in [2.45, 2.75) is 51.4 Å². The Morgan fingerprint density at radius 2 is 1.50 bits per heavy atom. The molecule has 0 amide bonds. The molecule has 0 spiro atoms. The third-order valence-corrected chi connectivity index (χ3v) is 5.33. The molecule has 1 unspecified atom stereocenters. The summed E-state index contributed by atoms with van der Waals surface area (Å²) >= 11 is 0. The lowest BCUT2D eigenvalue weighted by Gasteiger charge is -2.35. The van der Waals surface area contributed by atoms with Gasteiger partial charge in [-0.1, -0.05) is 74.0 Å². The van der Waals surface area contributed by atoms with Crippen LogP contribution in [0.3, 0.4) is 0 Å². The monoisotopic (exact) mass is 382 g/mol. The minimum Gasteiger partial charge on any atom is -0.481 e. The zero-order chi connectivity index (χ0) is 20.4. The summed E-state index contributed by atoms with van der Waals surface area (Å²) in [6.45, 7) is 4.23. The summed E-state index contributed by atoms with van der Waals surface area (Å²) in [5.41, 5.74) is 0.926. The smallest absolute Gasteiger partial charge is 0.321 e. The van der Waals surface area contributed by atoms with E-state index in [4.69, 9.17) is 9.84 Å². The Morgan fingerprint density at radius 3 is 1.93 bits per heavy atom. The summed E-state index contributed by atoms with van der Waals surface area (Å²) in [5, 5.41) is 8.97. The van der Waals surface area contributed by atoms with Crippen LogP contribution in [0.4, 0.5) is 0 Å². The fourth-order valence-electron chi connectivity index (χ4n) is 3.85. The van der Waals surface area contributed by atoms with Gasteiger partial charge in [-0.15, -0.1) is 0 Å². The first kappa shape index (κ1) is 21.7. The molecule has 0 aliphatic rings. The van der Waals surface area contributed by atoms with Crippen molar-refractivity contribution in [3.63, 3.8) is 0 Å². The van der Waals surface area contributed by atoms with Crippen LogP contribution < -0.4 is 0 Å². The van der Waals surface area contributed by atoms with Crippen LogP contribution >= 0.6 is 0 Å². The van der Waals surface area contributed by atoms with Gasteiger partial charge in [-0.25, -0.2) is 0 Å². The number of hydrogen-bond acceptors (Lipinski definition) is 3. The number of carbonyl (C=O) groups is 2. The second kappa shape index (κ2) is 10.6. The normalized spacial score (nSPS) is 12.4. The Labute approximate surface area is 167 Å². The van der Waals surface area contributed by atoms with Crippen molar-refractivity contribution in [3.05, 3.63) is 71.8 Å². The molecule has 150 valence electrons. The molecule has 0 bridgehead atoms. The van der Waals surface area contributed by atoms with Crippen molar-refractivity contribution in [1.29, 1.82) is 0 Å². The van der Waals surface area contributed by atoms with Crippen molar-refractivity contribution in [3.8, 4) is 0 Å². The molecule has 1 atom stereocenters. The van der Waals surface area contributed by atoms with E-state index in [1.54, 1.807) is 0 Å². The molecule has 2 aromatic rings. The molecule has 0 saturated carbocycles. The lowest BCUT2D eigenvalue weighted by Crippen LogP contribution is -2.40. The quantitative estimate of drug-likeness (QED) is 0.542. The molecule has 0 saturated heterocycles. The topological polar surface area (TPSA) is 63.6 Å². The summed E-state index contributed by atoms with van der Waals surface area (Å²) in [5.74, 6) is -0.814. The number of carbonyl (C=O) groups excluding carboxylic acids is 1. The predicted molar refractivity (Wildman–Crippen MR) is 110 cm³/mol. The number of hydrogen-bond donors (Lipinski definition) is 1. The Morgan fingerprint density at radius 1 is 0.964 bits per heavy atom. The SMILES string of the molecule is CCOC(=O)C(CC(CC)CCCC(=O)O)(c1ccccc1)c1ccccc1. The van der Waals surface area contributed by atoms with E-state index < -0.39 is 11.4 Å². The molecule has 2 rings (SSSR count). The lowest BCUT2D eigenvalue weighted by atomic mass is 9.68. The second-order valence-electron chi connectivity index (χ2n) is 7.12. The van der Waals surface area contributed by atoms with Gasteiger partial charge in [-0.3, -0.25) is 9.59 Å². The molecule has 0 aliphatic carbocycles. The minimum absolute atomic E-state index is 0.152. The van der Waals surface area contributed by atoms with Crippen LogP contribution in [0.2, 0.25) is 0 Å². The number of carboxylic acids is 1. The van der Waals surface area contributed by atoms with Crippen molar-refractivity contribution < 1.29 is 19.4 Å². The van der Waals surface area contributed by atoms with E-state index in [-0.39, 0.29) is 18.3 Å². The van der Waals surface area contributed by atoms with Gasteiger partial charge in [0.15, 0.2) is 0 Å². The number of benzene rings is 2. The average molecular weight is 382 g/mol. The van der Waals surface area contributed by atoms with Gasteiger partial charge in [0.25, 0.3) is 0 Å². The molecule has 4 nitrogen and oxygen atoms in total. The zero-order valence-electron chi connectivity index (χ0n) is 16.8. The molecule has 28 heavy (non-hydrogen) atoms. The predicted octanol–water partition coefficient (Wildman–Crippen LogP) is 5.21. The van der Waals surface area contributed by atoms with Crippen LogP contribution in [0.15, 0.2) is 60.7 Å². The maximum atomic E-state index is 13.4. The highest BCUT2D eigenvalue weighted by Crippen LogP contribution is 2.41. The highest BCUT2D eigenvalue weighted by Gasteiger charge is 2.44. The molecule has 0 fully saturated rings. The zero-order valence-corrected chi connectivity index (χ0v) is 16.8. The van der Waals surface area contributed by atoms with Gasteiger partial charge in [0, 0.05) is 6.42 Å². The Bertz CT molecular complexity index is 700. The van der Waals surface area contributed by atoms with E-state index in [0.717, 1.165) is 24.0 Å². The standard InChI is InChI=1S/C24H30O4/c1-3-19(12-11-17-22(25)26)18-24(23(27)28-4-2,20-13-7-5-8-14-20)21-15-9-6-10-16-21/h5-10,13-16,19H,3-4,11-12,17-18H2,1-2H3,(H,25,26). The molecule has 0 radical (unpaired) electrons. The van der Waals surface area contributed by atoms with E-state index >= 15 is 0 Å². The van der Waals surface area contributed by atoms with E-state index in [9.17, 15) is 9.59 Å². The van der Waals surface area contributed by atoms with Crippen LogP contribution in [-0.4, -0.2) is 23.7 Å². The molecule has 0 aromatic heterocycles. The number of esters is 1. The third kappa shape index (κ3) is 5.22.